The van der Waals surface area contributed by atoms with Gasteiger partial charge in [-0.2, -0.15) is 0 Å². The van der Waals surface area contributed by atoms with Crippen LogP contribution in [0, 0.1) is 3.57 Å². The van der Waals surface area contributed by atoms with Crippen LogP contribution in [0.5, 0.6) is 5.88 Å². The van der Waals surface area contributed by atoms with Crippen molar-refractivity contribution in [3.8, 4) is 5.88 Å². The number of hydrogen-bond acceptors (Lipinski definition) is 4. The highest BCUT2D eigenvalue weighted by Crippen LogP contribution is 2.22. The Bertz CT molecular complexity index is 769. The molecule has 3 rings (SSSR count). The van der Waals surface area contributed by atoms with E-state index in [4.69, 9.17) is 10.5 Å². The molecule has 0 aliphatic rings. The maximum Gasteiger partial charge on any atom is 0.213 e. The van der Waals surface area contributed by atoms with Gasteiger partial charge in [-0.3, -0.25) is 0 Å². The Kier molecular flexibility index (Phi) is 3.47. The van der Waals surface area contributed by atoms with Gasteiger partial charge in [0, 0.05) is 15.8 Å². The molecule has 1 aromatic carbocycles. The van der Waals surface area contributed by atoms with Crippen LogP contribution in [0.4, 0.5) is 5.95 Å². The lowest BCUT2D eigenvalue weighted by atomic mass is 10.2. The fourth-order valence-electron chi connectivity index (χ4n) is 2.13. The van der Waals surface area contributed by atoms with Crippen LogP contribution in [0.25, 0.3) is 11.0 Å². The summed E-state index contributed by atoms with van der Waals surface area (Å²) in [5.41, 5.74) is 9.03. The van der Waals surface area contributed by atoms with Gasteiger partial charge in [0.25, 0.3) is 0 Å². The van der Waals surface area contributed by atoms with Crippen LogP contribution in [-0.2, 0) is 6.54 Å². The maximum atomic E-state index is 6.02. The highest BCUT2D eigenvalue weighted by atomic mass is 127. The van der Waals surface area contributed by atoms with Crippen LogP contribution in [0.1, 0.15) is 5.56 Å². The van der Waals surface area contributed by atoms with Crippen molar-refractivity contribution < 1.29 is 4.74 Å². The van der Waals surface area contributed by atoms with Crippen molar-refractivity contribution in [3.05, 3.63) is 45.7 Å². The van der Waals surface area contributed by atoms with E-state index in [2.05, 4.69) is 32.6 Å². The SMILES string of the molecule is COc1cc(Cn2c(N)nc3cc(I)ccc32)ccn1. The number of pyridine rings is 1. The number of nitrogen functional groups attached to an aromatic ring is 1. The third kappa shape index (κ3) is 2.43. The number of nitrogens with zero attached hydrogens (tertiary/aromatic N) is 3. The minimum atomic E-state index is 0.512. The van der Waals surface area contributed by atoms with E-state index in [0.29, 0.717) is 18.4 Å². The van der Waals surface area contributed by atoms with Crippen LogP contribution in [0.3, 0.4) is 0 Å². The second-order valence-corrected chi connectivity index (χ2v) is 5.64. The van der Waals surface area contributed by atoms with Crippen molar-refractivity contribution in [3.63, 3.8) is 0 Å². The Morgan fingerprint density at radius 2 is 2.15 bits per heavy atom. The van der Waals surface area contributed by atoms with E-state index in [1.807, 2.05) is 34.9 Å². The van der Waals surface area contributed by atoms with Crippen molar-refractivity contribution in [2.75, 3.05) is 12.8 Å². The van der Waals surface area contributed by atoms with Gasteiger partial charge in [0.05, 0.1) is 24.7 Å². The van der Waals surface area contributed by atoms with Gasteiger partial charge >= 0.3 is 0 Å². The van der Waals surface area contributed by atoms with E-state index in [1.165, 1.54) is 0 Å². The molecule has 2 heterocycles. The largest absolute Gasteiger partial charge is 0.481 e. The quantitative estimate of drug-likeness (QED) is 0.710. The van der Waals surface area contributed by atoms with Crippen LogP contribution in [0.2, 0.25) is 0 Å². The predicted octanol–water partition coefficient (Wildman–Crippen LogP) is 2.68. The maximum absolute atomic E-state index is 6.02. The number of aromatic nitrogens is 3. The Balaban J connectivity index is 2.03. The first-order valence-electron chi connectivity index (χ1n) is 6.07. The summed E-state index contributed by atoms with van der Waals surface area (Å²) < 4.78 is 8.27. The molecule has 0 saturated heterocycles. The molecule has 5 nitrogen and oxygen atoms in total. The highest BCUT2D eigenvalue weighted by Gasteiger charge is 2.09. The molecule has 0 fully saturated rings. The molecule has 0 bridgehead atoms. The summed E-state index contributed by atoms with van der Waals surface area (Å²) in [7, 11) is 1.61. The average Bonchev–Trinajstić information content (AvgIpc) is 2.74. The standard InChI is InChI=1S/C14H13IN4O/c1-20-13-6-9(4-5-17-13)8-19-12-3-2-10(15)7-11(12)18-14(19)16/h2-7H,8H2,1H3,(H2,16,18). The van der Waals surface area contributed by atoms with E-state index >= 15 is 0 Å². The van der Waals surface area contributed by atoms with Crippen molar-refractivity contribution in [2.45, 2.75) is 6.54 Å². The van der Waals surface area contributed by atoms with Gasteiger partial charge < -0.3 is 15.0 Å². The Hall–Kier alpha value is -1.83. The molecule has 0 unspecified atom stereocenters. The van der Waals surface area contributed by atoms with Crippen molar-refractivity contribution in [1.82, 2.24) is 14.5 Å². The second-order valence-electron chi connectivity index (χ2n) is 4.40. The number of rotatable bonds is 3. The topological polar surface area (TPSA) is 66.0 Å². The van der Waals surface area contributed by atoms with Crippen LogP contribution in [0.15, 0.2) is 36.5 Å². The zero-order valence-electron chi connectivity index (χ0n) is 10.9. The molecule has 20 heavy (non-hydrogen) atoms. The first kappa shape index (κ1) is 13.2. The number of methoxy groups -OCH3 is 1. The number of imidazole rings is 1. The number of hydrogen-bond donors (Lipinski definition) is 1. The van der Waals surface area contributed by atoms with Gasteiger partial charge in [-0.05, 0) is 52.4 Å². The summed E-state index contributed by atoms with van der Waals surface area (Å²) in [4.78, 5) is 8.51. The molecular weight excluding hydrogens is 367 g/mol. The molecule has 2 N–H and O–H groups in total. The second kappa shape index (κ2) is 5.28. The monoisotopic (exact) mass is 380 g/mol. The molecule has 0 radical (unpaired) electrons. The minimum Gasteiger partial charge on any atom is -0.481 e. The molecule has 6 heteroatoms. The summed E-state index contributed by atoms with van der Waals surface area (Å²) in [5.74, 6) is 1.11. The Morgan fingerprint density at radius 1 is 1.30 bits per heavy atom. The molecule has 0 saturated carbocycles. The van der Waals surface area contributed by atoms with Crippen LogP contribution >= 0.6 is 22.6 Å². The molecule has 0 aliphatic heterocycles. The molecular formula is C14H13IN4O. The normalized spacial score (nSPS) is 10.9. The number of nitrogens with two attached hydrogens (primary N) is 1. The van der Waals surface area contributed by atoms with E-state index < -0.39 is 0 Å². The lowest BCUT2D eigenvalue weighted by molar-refractivity contribution is 0.397. The summed E-state index contributed by atoms with van der Waals surface area (Å²) >= 11 is 2.27. The zero-order chi connectivity index (χ0) is 14.1. The number of anilines is 1. The molecule has 0 atom stereocenters. The first-order chi connectivity index (χ1) is 9.67. The number of halogens is 1. The average molecular weight is 380 g/mol. The summed E-state index contributed by atoms with van der Waals surface area (Å²) in [6, 6.07) is 9.96. The Morgan fingerprint density at radius 3 is 2.95 bits per heavy atom. The predicted molar refractivity (Wildman–Crippen MR) is 86.8 cm³/mol. The number of fused-ring (bicyclic) bond motifs is 1. The molecule has 3 aromatic rings. The minimum absolute atomic E-state index is 0.512. The van der Waals surface area contributed by atoms with Crippen molar-refractivity contribution in [2.24, 2.45) is 0 Å². The van der Waals surface area contributed by atoms with Gasteiger partial charge in [-0.1, -0.05) is 0 Å². The fraction of sp³-hybridized carbons (Fsp3) is 0.143. The third-order valence-electron chi connectivity index (χ3n) is 3.09. The lowest BCUT2D eigenvalue weighted by Gasteiger charge is -2.07. The number of benzene rings is 1. The zero-order valence-corrected chi connectivity index (χ0v) is 13.0. The van der Waals surface area contributed by atoms with Gasteiger partial charge in [0.1, 0.15) is 0 Å². The van der Waals surface area contributed by atoms with Crippen LogP contribution < -0.4 is 10.5 Å². The van der Waals surface area contributed by atoms with E-state index in [-0.39, 0.29) is 0 Å². The van der Waals surface area contributed by atoms with Gasteiger partial charge in [0.2, 0.25) is 11.8 Å². The van der Waals surface area contributed by atoms with Crippen molar-refractivity contribution in [1.29, 1.82) is 0 Å². The van der Waals surface area contributed by atoms with Gasteiger partial charge in [0.15, 0.2) is 0 Å². The highest BCUT2D eigenvalue weighted by molar-refractivity contribution is 14.1. The number of ether oxygens (including phenoxy) is 1. The smallest absolute Gasteiger partial charge is 0.213 e. The molecule has 0 spiro atoms. The van der Waals surface area contributed by atoms with E-state index in [9.17, 15) is 0 Å². The van der Waals surface area contributed by atoms with E-state index in [1.54, 1.807) is 13.3 Å². The molecule has 2 aromatic heterocycles. The van der Waals surface area contributed by atoms with E-state index in [0.717, 1.165) is 20.2 Å². The Labute approximate surface area is 129 Å². The van der Waals surface area contributed by atoms with Crippen molar-refractivity contribution >= 4 is 39.6 Å². The molecule has 0 aliphatic carbocycles. The summed E-state index contributed by atoms with van der Waals surface area (Å²) in [6.45, 7) is 0.641. The summed E-state index contributed by atoms with van der Waals surface area (Å²) in [5, 5.41) is 0. The molecule has 0 amide bonds. The van der Waals surface area contributed by atoms with Crippen LogP contribution in [-0.4, -0.2) is 21.6 Å². The van der Waals surface area contributed by atoms with Gasteiger partial charge in [-0.15, -0.1) is 0 Å². The summed E-state index contributed by atoms with van der Waals surface area (Å²) in [6.07, 6.45) is 1.73. The first-order valence-corrected chi connectivity index (χ1v) is 7.15. The van der Waals surface area contributed by atoms with Gasteiger partial charge in [-0.25, -0.2) is 9.97 Å². The third-order valence-corrected chi connectivity index (χ3v) is 3.76. The fourth-order valence-corrected chi connectivity index (χ4v) is 2.61. The molecule has 102 valence electrons. The lowest BCUT2D eigenvalue weighted by Crippen LogP contribution is -2.05.